The van der Waals surface area contributed by atoms with Crippen molar-refractivity contribution in [2.75, 3.05) is 11.9 Å². The third-order valence-electron chi connectivity index (χ3n) is 3.80. The minimum absolute atomic E-state index is 0.0590. The Hall–Kier alpha value is -2.14. The van der Waals surface area contributed by atoms with Crippen LogP contribution in [0.4, 0.5) is 5.69 Å². The van der Waals surface area contributed by atoms with Crippen LogP contribution >= 0.6 is 12.2 Å². The first-order chi connectivity index (χ1) is 10.2. The second-order valence-corrected chi connectivity index (χ2v) is 5.64. The normalized spacial score (nSPS) is 18.3. The van der Waals surface area contributed by atoms with Crippen LogP contribution in [-0.2, 0) is 4.79 Å². The molecule has 5 heteroatoms. The van der Waals surface area contributed by atoms with E-state index in [0.717, 1.165) is 41.4 Å². The van der Waals surface area contributed by atoms with E-state index in [-0.39, 0.29) is 11.9 Å². The predicted molar refractivity (Wildman–Crippen MR) is 89.5 cm³/mol. The molecule has 1 unspecified atom stereocenters. The van der Waals surface area contributed by atoms with Gasteiger partial charge in [-0.15, -0.1) is 0 Å². The van der Waals surface area contributed by atoms with E-state index >= 15 is 0 Å². The highest BCUT2D eigenvalue weighted by atomic mass is 32.1. The molecule has 108 valence electrons. The Morgan fingerprint density at radius 1 is 1.24 bits per heavy atom. The molecule has 1 aliphatic rings. The average Bonchev–Trinajstić information content (AvgIpc) is 2.49. The van der Waals surface area contributed by atoms with Crippen molar-refractivity contribution in [2.24, 2.45) is 5.73 Å². The number of nitrogens with two attached hydrogens (primary N) is 1. The molecule has 0 bridgehead atoms. The zero-order valence-corrected chi connectivity index (χ0v) is 12.4. The first kappa shape index (κ1) is 13.8. The van der Waals surface area contributed by atoms with Crippen LogP contribution in [0.15, 0.2) is 36.4 Å². The van der Waals surface area contributed by atoms with Gasteiger partial charge in [0.15, 0.2) is 0 Å². The molecule has 1 heterocycles. The van der Waals surface area contributed by atoms with E-state index in [1.807, 2.05) is 36.4 Å². The van der Waals surface area contributed by atoms with E-state index in [4.69, 9.17) is 18.0 Å². The summed E-state index contributed by atoms with van der Waals surface area (Å²) in [6.45, 7) is 0.762. The minimum atomic E-state index is -0.183. The predicted octanol–water partition coefficient (Wildman–Crippen LogP) is 2.16. The number of amides is 1. The lowest BCUT2D eigenvalue weighted by Gasteiger charge is -2.24. The molecule has 4 nitrogen and oxygen atoms in total. The van der Waals surface area contributed by atoms with Gasteiger partial charge in [0.1, 0.15) is 11.0 Å². The number of piperidine rings is 1. The molecular formula is C16H17N3OS. The van der Waals surface area contributed by atoms with Gasteiger partial charge >= 0.3 is 0 Å². The lowest BCUT2D eigenvalue weighted by molar-refractivity contribution is -0.123. The van der Waals surface area contributed by atoms with Crippen LogP contribution in [0, 0.1) is 0 Å². The lowest BCUT2D eigenvalue weighted by atomic mass is 10.0. The van der Waals surface area contributed by atoms with Crippen LogP contribution in [0.5, 0.6) is 0 Å². The highest BCUT2D eigenvalue weighted by Gasteiger charge is 2.22. The van der Waals surface area contributed by atoms with Gasteiger partial charge < -0.3 is 16.4 Å². The summed E-state index contributed by atoms with van der Waals surface area (Å²) in [5, 5.41) is 8.27. The summed E-state index contributed by atoms with van der Waals surface area (Å²) in [5.74, 6) is 0.0590. The van der Waals surface area contributed by atoms with Gasteiger partial charge in [0.2, 0.25) is 5.91 Å². The molecule has 1 amide bonds. The molecule has 1 fully saturated rings. The molecular weight excluding hydrogens is 282 g/mol. The van der Waals surface area contributed by atoms with Crippen LogP contribution in [0.25, 0.3) is 10.8 Å². The average molecular weight is 299 g/mol. The number of nitrogens with one attached hydrogen (secondary N) is 2. The number of carbonyl (C=O) groups is 1. The number of anilines is 1. The molecule has 3 rings (SSSR count). The molecule has 2 aromatic rings. The lowest BCUT2D eigenvalue weighted by Crippen LogP contribution is -2.44. The quantitative estimate of drug-likeness (QED) is 0.760. The molecule has 0 aliphatic carbocycles. The summed E-state index contributed by atoms with van der Waals surface area (Å²) in [5.41, 5.74) is 7.58. The van der Waals surface area contributed by atoms with Gasteiger partial charge in [-0.25, -0.2) is 0 Å². The fourth-order valence-corrected chi connectivity index (χ4v) is 2.92. The Bertz CT molecular complexity index is 714. The van der Waals surface area contributed by atoms with Crippen molar-refractivity contribution in [1.82, 2.24) is 5.32 Å². The maximum absolute atomic E-state index is 11.9. The molecule has 1 aliphatic heterocycles. The van der Waals surface area contributed by atoms with Crippen molar-refractivity contribution in [3.63, 3.8) is 0 Å². The smallest absolute Gasteiger partial charge is 0.242 e. The van der Waals surface area contributed by atoms with Gasteiger partial charge in [0.05, 0.1) is 0 Å². The Morgan fingerprint density at radius 3 is 2.71 bits per heavy atom. The second-order valence-electron chi connectivity index (χ2n) is 5.20. The van der Waals surface area contributed by atoms with Crippen LogP contribution in [0.3, 0.4) is 0 Å². The fourth-order valence-electron chi connectivity index (χ4n) is 2.74. The van der Waals surface area contributed by atoms with Gasteiger partial charge in [-0.05, 0) is 30.4 Å². The van der Waals surface area contributed by atoms with Crippen LogP contribution in [0.2, 0.25) is 0 Å². The summed E-state index contributed by atoms with van der Waals surface area (Å²) < 4.78 is 0. The van der Waals surface area contributed by atoms with Gasteiger partial charge in [-0.3, -0.25) is 4.79 Å². The number of hydrogen-bond acceptors (Lipinski definition) is 3. The largest absolute Gasteiger partial charge is 0.389 e. The Morgan fingerprint density at radius 2 is 2.00 bits per heavy atom. The first-order valence-electron chi connectivity index (χ1n) is 7.02. The number of rotatable bonds is 3. The molecule has 0 radical (unpaired) electrons. The maximum atomic E-state index is 11.9. The molecule has 2 aromatic carbocycles. The van der Waals surface area contributed by atoms with Gasteiger partial charge in [-0.2, -0.15) is 0 Å². The van der Waals surface area contributed by atoms with Crippen molar-refractivity contribution in [2.45, 2.75) is 18.9 Å². The Labute approximate surface area is 128 Å². The van der Waals surface area contributed by atoms with Crippen molar-refractivity contribution >= 4 is 39.6 Å². The maximum Gasteiger partial charge on any atom is 0.242 e. The molecule has 1 saturated heterocycles. The molecule has 0 aromatic heterocycles. The first-order valence-corrected chi connectivity index (χ1v) is 7.43. The molecule has 0 spiro atoms. The van der Waals surface area contributed by atoms with E-state index in [9.17, 15) is 4.79 Å². The number of benzene rings is 2. The van der Waals surface area contributed by atoms with Crippen LogP contribution < -0.4 is 16.4 Å². The molecule has 4 N–H and O–H groups in total. The standard InChI is InChI=1S/C16H17N3OS/c17-15(21)12-7-8-13(11-5-2-1-4-10(11)12)19-14-6-3-9-18-16(14)20/h1-2,4-5,7-8,14,19H,3,6,9H2,(H2,17,21)(H,18,20). The van der Waals surface area contributed by atoms with E-state index < -0.39 is 0 Å². The zero-order valence-electron chi connectivity index (χ0n) is 11.6. The monoisotopic (exact) mass is 299 g/mol. The van der Waals surface area contributed by atoms with E-state index in [1.54, 1.807) is 0 Å². The highest BCUT2D eigenvalue weighted by Crippen LogP contribution is 2.28. The van der Waals surface area contributed by atoms with Gasteiger partial charge in [-0.1, -0.05) is 36.5 Å². The molecule has 1 atom stereocenters. The number of hydrogen-bond donors (Lipinski definition) is 3. The Balaban J connectivity index is 2.01. The number of thiocarbonyl (C=S) groups is 1. The summed E-state index contributed by atoms with van der Waals surface area (Å²) in [6.07, 6.45) is 1.84. The van der Waals surface area contributed by atoms with E-state index in [2.05, 4.69) is 10.6 Å². The van der Waals surface area contributed by atoms with Crippen molar-refractivity contribution in [1.29, 1.82) is 0 Å². The van der Waals surface area contributed by atoms with Crippen molar-refractivity contribution in [3.8, 4) is 0 Å². The summed E-state index contributed by atoms with van der Waals surface area (Å²) in [4.78, 5) is 12.3. The summed E-state index contributed by atoms with van der Waals surface area (Å²) in [6, 6.07) is 11.6. The van der Waals surface area contributed by atoms with Crippen LogP contribution in [-0.4, -0.2) is 23.5 Å². The second kappa shape index (κ2) is 5.69. The number of carbonyl (C=O) groups excluding carboxylic acids is 1. The minimum Gasteiger partial charge on any atom is -0.389 e. The van der Waals surface area contributed by atoms with E-state index in [0.29, 0.717) is 4.99 Å². The highest BCUT2D eigenvalue weighted by molar-refractivity contribution is 7.80. The zero-order chi connectivity index (χ0) is 14.8. The van der Waals surface area contributed by atoms with Crippen molar-refractivity contribution in [3.05, 3.63) is 42.0 Å². The SMILES string of the molecule is NC(=S)c1ccc(NC2CCCNC2=O)c2ccccc12. The summed E-state index contributed by atoms with van der Waals surface area (Å²) >= 11 is 5.11. The molecule has 0 saturated carbocycles. The van der Waals surface area contributed by atoms with Crippen molar-refractivity contribution < 1.29 is 4.79 Å². The molecule has 21 heavy (non-hydrogen) atoms. The fraction of sp³-hybridized carbons (Fsp3) is 0.250. The summed E-state index contributed by atoms with van der Waals surface area (Å²) in [7, 11) is 0. The third kappa shape index (κ3) is 2.69. The van der Waals surface area contributed by atoms with Gasteiger partial charge in [0.25, 0.3) is 0 Å². The van der Waals surface area contributed by atoms with Gasteiger partial charge in [0, 0.05) is 23.2 Å². The topological polar surface area (TPSA) is 67.2 Å². The number of fused-ring (bicyclic) bond motifs is 1. The van der Waals surface area contributed by atoms with E-state index in [1.165, 1.54) is 0 Å². The third-order valence-corrected chi connectivity index (χ3v) is 4.02. The Kier molecular flexibility index (Phi) is 3.75. The van der Waals surface area contributed by atoms with Crippen LogP contribution in [0.1, 0.15) is 18.4 Å².